The Hall–Kier alpha value is -2.11. The molecule has 0 aliphatic rings. The quantitative estimate of drug-likeness (QED) is 0.0262. The van der Waals surface area contributed by atoms with Crippen molar-refractivity contribution >= 4 is 17.9 Å². The number of carbonyl (C=O) groups excluding carboxylic acids is 3. The van der Waals surface area contributed by atoms with Gasteiger partial charge >= 0.3 is 17.9 Å². The minimum atomic E-state index is -0.767. The minimum Gasteiger partial charge on any atom is -0.462 e. The summed E-state index contributed by atoms with van der Waals surface area (Å²) in [6.45, 7) is 6.65. The molecular formula is C59H110O6. The fraction of sp³-hybridized carbons (Fsp3) is 0.881. The summed E-state index contributed by atoms with van der Waals surface area (Å²) in [5.41, 5.74) is 0. The summed E-state index contributed by atoms with van der Waals surface area (Å²) in [5, 5.41) is 0. The van der Waals surface area contributed by atoms with Gasteiger partial charge in [-0.15, -0.1) is 0 Å². The van der Waals surface area contributed by atoms with Crippen LogP contribution in [0.15, 0.2) is 24.3 Å². The van der Waals surface area contributed by atoms with E-state index in [0.717, 1.165) is 64.2 Å². The smallest absolute Gasteiger partial charge is 0.306 e. The Bertz CT molecular complexity index is 1050. The molecule has 0 saturated carbocycles. The van der Waals surface area contributed by atoms with Crippen LogP contribution in [0.3, 0.4) is 0 Å². The van der Waals surface area contributed by atoms with Crippen molar-refractivity contribution in [3.8, 4) is 0 Å². The molecule has 0 spiro atoms. The second kappa shape index (κ2) is 54.5. The highest BCUT2D eigenvalue weighted by molar-refractivity contribution is 5.71. The lowest BCUT2D eigenvalue weighted by atomic mass is 10.0. The standard InChI is InChI=1S/C59H110O6/c1-4-7-10-13-16-19-22-24-26-28-29-31-32-34-37-40-43-46-49-52-58(61)64-55-56(54-63-57(60)51-48-45-42-39-36-21-18-15-12-9-6-3)65-59(62)53-50-47-44-41-38-35-33-30-27-25-23-20-17-14-11-8-5-2/h16,19,24,26,56H,4-15,17-18,20-23,25,27-55H2,1-3H3/b19-16-,26-24-/t56-/m1/s1. The summed E-state index contributed by atoms with van der Waals surface area (Å²) in [6, 6.07) is 0. The Kier molecular flexibility index (Phi) is 52.7. The zero-order chi connectivity index (χ0) is 47.2. The minimum absolute atomic E-state index is 0.0670. The number of ether oxygens (including phenoxy) is 3. The summed E-state index contributed by atoms with van der Waals surface area (Å²) in [5.74, 6) is -0.851. The average molecular weight is 916 g/mol. The molecule has 0 aliphatic heterocycles. The summed E-state index contributed by atoms with van der Waals surface area (Å²) < 4.78 is 16.9. The molecule has 0 unspecified atom stereocenters. The number of esters is 3. The molecule has 0 aromatic rings. The van der Waals surface area contributed by atoms with Crippen molar-refractivity contribution in [3.63, 3.8) is 0 Å². The third-order valence-corrected chi connectivity index (χ3v) is 13.0. The molecule has 0 aliphatic carbocycles. The van der Waals surface area contributed by atoms with Crippen LogP contribution in [0.4, 0.5) is 0 Å². The molecule has 0 radical (unpaired) electrons. The maximum absolute atomic E-state index is 12.8. The molecule has 0 rings (SSSR count). The van der Waals surface area contributed by atoms with Crippen LogP contribution in [0.5, 0.6) is 0 Å². The molecule has 0 N–H and O–H groups in total. The molecule has 0 heterocycles. The number of hydrogen-bond donors (Lipinski definition) is 0. The van der Waals surface area contributed by atoms with E-state index < -0.39 is 6.10 Å². The van der Waals surface area contributed by atoms with Gasteiger partial charge in [0.2, 0.25) is 0 Å². The van der Waals surface area contributed by atoms with E-state index in [9.17, 15) is 14.4 Å². The predicted octanol–water partition coefficient (Wildman–Crippen LogP) is 19.1. The van der Waals surface area contributed by atoms with Crippen molar-refractivity contribution in [2.24, 2.45) is 0 Å². The number of rotatable bonds is 53. The highest BCUT2D eigenvalue weighted by atomic mass is 16.6. The molecule has 0 aromatic carbocycles. The van der Waals surface area contributed by atoms with Crippen LogP contribution in [0, 0.1) is 0 Å². The lowest BCUT2D eigenvalue weighted by Crippen LogP contribution is -2.30. The van der Waals surface area contributed by atoms with Gasteiger partial charge in [0.05, 0.1) is 0 Å². The average Bonchev–Trinajstić information content (AvgIpc) is 3.30. The highest BCUT2D eigenvalue weighted by Gasteiger charge is 2.19. The first-order valence-corrected chi connectivity index (χ1v) is 28.8. The van der Waals surface area contributed by atoms with Crippen LogP contribution in [0.1, 0.15) is 316 Å². The Morgan fingerprint density at radius 3 is 0.877 bits per heavy atom. The molecule has 0 aromatic heterocycles. The van der Waals surface area contributed by atoms with Gasteiger partial charge < -0.3 is 14.2 Å². The summed E-state index contributed by atoms with van der Waals surface area (Å²) in [6.07, 6.45) is 63.1. The molecule has 65 heavy (non-hydrogen) atoms. The molecule has 0 fully saturated rings. The van der Waals surface area contributed by atoms with Crippen LogP contribution in [0.25, 0.3) is 0 Å². The van der Waals surface area contributed by atoms with Crippen LogP contribution < -0.4 is 0 Å². The monoisotopic (exact) mass is 915 g/mol. The Balaban J connectivity index is 4.28. The topological polar surface area (TPSA) is 78.9 Å². The van der Waals surface area contributed by atoms with E-state index in [1.807, 2.05) is 0 Å². The van der Waals surface area contributed by atoms with Crippen LogP contribution in [0.2, 0.25) is 0 Å². The van der Waals surface area contributed by atoms with Gasteiger partial charge in [0.25, 0.3) is 0 Å². The molecule has 0 saturated heterocycles. The van der Waals surface area contributed by atoms with E-state index in [4.69, 9.17) is 14.2 Å². The lowest BCUT2D eigenvalue weighted by molar-refractivity contribution is -0.167. The van der Waals surface area contributed by atoms with Gasteiger partial charge in [0.15, 0.2) is 6.10 Å². The summed E-state index contributed by atoms with van der Waals surface area (Å²) in [4.78, 5) is 38.1. The maximum atomic E-state index is 12.8. The van der Waals surface area contributed by atoms with Crippen molar-refractivity contribution in [3.05, 3.63) is 24.3 Å². The van der Waals surface area contributed by atoms with Crippen LogP contribution in [-0.2, 0) is 28.6 Å². The first-order valence-electron chi connectivity index (χ1n) is 28.8. The van der Waals surface area contributed by atoms with Crippen LogP contribution in [-0.4, -0.2) is 37.2 Å². The molecule has 6 heteroatoms. The molecule has 6 nitrogen and oxygen atoms in total. The van der Waals surface area contributed by atoms with Gasteiger partial charge in [-0.25, -0.2) is 0 Å². The SMILES string of the molecule is CCCCC/C=C\C/C=C\CCCCCCCCCCCC(=O)OC[C@@H](COC(=O)CCCCCCCCCCCCC)OC(=O)CCCCCCCCCCCCCCCCCCC. The molecule has 1 atom stereocenters. The van der Waals surface area contributed by atoms with Gasteiger partial charge in [-0.2, -0.15) is 0 Å². The highest BCUT2D eigenvalue weighted by Crippen LogP contribution is 2.17. The predicted molar refractivity (Wildman–Crippen MR) is 279 cm³/mol. The number of carbonyl (C=O) groups is 3. The summed E-state index contributed by atoms with van der Waals surface area (Å²) >= 11 is 0. The zero-order valence-corrected chi connectivity index (χ0v) is 43.8. The van der Waals surface area contributed by atoms with Crippen molar-refractivity contribution in [1.29, 1.82) is 0 Å². The normalized spacial score (nSPS) is 12.1. The van der Waals surface area contributed by atoms with Gasteiger partial charge in [0.1, 0.15) is 13.2 Å². The molecule has 382 valence electrons. The van der Waals surface area contributed by atoms with Gasteiger partial charge in [-0.05, 0) is 51.4 Å². The van der Waals surface area contributed by atoms with Crippen molar-refractivity contribution in [2.45, 2.75) is 322 Å². The fourth-order valence-electron chi connectivity index (χ4n) is 8.59. The van der Waals surface area contributed by atoms with E-state index in [1.165, 1.54) is 212 Å². The van der Waals surface area contributed by atoms with E-state index >= 15 is 0 Å². The fourth-order valence-corrected chi connectivity index (χ4v) is 8.59. The number of unbranched alkanes of at least 4 members (excludes halogenated alkanes) is 38. The van der Waals surface area contributed by atoms with E-state index in [0.29, 0.717) is 19.3 Å². The summed E-state index contributed by atoms with van der Waals surface area (Å²) in [7, 11) is 0. The third kappa shape index (κ3) is 52.7. The lowest BCUT2D eigenvalue weighted by Gasteiger charge is -2.18. The molecular weight excluding hydrogens is 805 g/mol. The van der Waals surface area contributed by atoms with Crippen LogP contribution >= 0.6 is 0 Å². The van der Waals surface area contributed by atoms with Gasteiger partial charge in [-0.1, -0.05) is 270 Å². The molecule has 0 bridgehead atoms. The first kappa shape index (κ1) is 62.9. The Labute approximate surface area is 404 Å². The molecule has 0 amide bonds. The third-order valence-electron chi connectivity index (χ3n) is 13.0. The second-order valence-corrected chi connectivity index (χ2v) is 19.6. The first-order chi connectivity index (χ1) is 32.0. The van der Waals surface area contributed by atoms with Crippen molar-refractivity contribution < 1.29 is 28.6 Å². The van der Waals surface area contributed by atoms with Gasteiger partial charge in [-0.3, -0.25) is 14.4 Å². The number of allylic oxidation sites excluding steroid dienone is 4. The maximum Gasteiger partial charge on any atom is 0.306 e. The van der Waals surface area contributed by atoms with Crippen molar-refractivity contribution in [1.82, 2.24) is 0 Å². The Morgan fingerprint density at radius 1 is 0.308 bits per heavy atom. The van der Waals surface area contributed by atoms with E-state index in [-0.39, 0.29) is 31.1 Å². The second-order valence-electron chi connectivity index (χ2n) is 19.6. The zero-order valence-electron chi connectivity index (χ0n) is 43.8. The van der Waals surface area contributed by atoms with E-state index in [2.05, 4.69) is 45.1 Å². The van der Waals surface area contributed by atoms with E-state index in [1.54, 1.807) is 0 Å². The largest absolute Gasteiger partial charge is 0.462 e. The Morgan fingerprint density at radius 2 is 0.554 bits per heavy atom. The van der Waals surface area contributed by atoms with Crippen molar-refractivity contribution in [2.75, 3.05) is 13.2 Å². The number of hydrogen-bond acceptors (Lipinski definition) is 6. The van der Waals surface area contributed by atoms with Gasteiger partial charge in [0, 0.05) is 19.3 Å².